The predicted octanol–water partition coefficient (Wildman–Crippen LogP) is 7.18. The molecule has 0 unspecified atom stereocenters. The second-order valence-electron chi connectivity index (χ2n) is 11.0. The molecule has 3 aliphatic rings. The molecule has 0 spiro atoms. The highest BCUT2D eigenvalue weighted by Crippen LogP contribution is 2.37. The van der Waals surface area contributed by atoms with Crippen LogP contribution in [-0.4, -0.2) is 78.0 Å². The Hall–Kier alpha value is -3.50. The number of rotatable bonds is 5. The second-order valence-corrected chi connectivity index (χ2v) is 11.8. The number of carbonyl (C=O) groups excluding carboxylic acids is 4. The van der Waals surface area contributed by atoms with Gasteiger partial charge < -0.3 is 28.9 Å². The minimum Gasteiger partial charge on any atom is -0.409 e. The van der Waals surface area contributed by atoms with Crippen LogP contribution in [0.1, 0.15) is 73.7 Å². The molecule has 0 radical (unpaired) electrons. The van der Waals surface area contributed by atoms with Crippen LogP contribution in [0.5, 0.6) is 17.2 Å². The number of piperidine rings is 3. The summed E-state index contributed by atoms with van der Waals surface area (Å²) in [6, 6.07) is 6.94. The Morgan fingerprint density at radius 2 is 0.930 bits per heavy atom. The highest BCUT2D eigenvalue weighted by molar-refractivity contribution is 6.36. The SMILES string of the molecule is O=C(c1cc(OC(=O)N2CCCCC2)c(OC(=O)N2CCCCC2)cc1Cl)c1cc(Cl)ccc1OC(=O)N1CCCCC1. The first kappa shape index (κ1) is 30.9. The number of likely N-dealkylation sites (tertiary alicyclic amines) is 3. The molecule has 10 nitrogen and oxygen atoms in total. The van der Waals surface area contributed by atoms with Gasteiger partial charge in [0, 0.05) is 55.9 Å². The van der Waals surface area contributed by atoms with E-state index in [4.69, 9.17) is 37.4 Å². The molecule has 0 aromatic heterocycles. The van der Waals surface area contributed by atoms with Crippen LogP contribution in [0.25, 0.3) is 0 Å². The molecular formula is C31H35Cl2N3O7. The fourth-order valence-corrected chi connectivity index (χ4v) is 5.90. The second kappa shape index (κ2) is 14.3. The number of hydrogen-bond donors (Lipinski definition) is 0. The van der Waals surface area contributed by atoms with Gasteiger partial charge in [-0.15, -0.1) is 0 Å². The summed E-state index contributed by atoms with van der Waals surface area (Å²) in [5.41, 5.74) is -0.0375. The highest BCUT2D eigenvalue weighted by atomic mass is 35.5. The van der Waals surface area contributed by atoms with Crippen molar-refractivity contribution in [1.82, 2.24) is 14.7 Å². The van der Waals surface area contributed by atoms with Gasteiger partial charge in [0.25, 0.3) is 0 Å². The maximum Gasteiger partial charge on any atom is 0.415 e. The lowest BCUT2D eigenvalue weighted by Gasteiger charge is -2.27. The van der Waals surface area contributed by atoms with Gasteiger partial charge in [0.1, 0.15) is 5.75 Å². The van der Waals surface area contributed by atoms with E-state index in [1.165, 1.54) is 30.3 Å². The van der Waals surface area contributed by atoms with Gasteiger partial charge >= 0.3 is 18.3 Å². The van der Waals surface area contributed by atoms with Crippen LogP contribution in [-0.2, 0) is 0 Å². The van der Waals surface area contributed by atoms with Crippen LogP contribution >= 0.6 is 23.2 Å². The van der Waals surface area contributed by atoms with Crippen LogP contribution in [0.15, 0.2) is 30.3 Å². The average molecular weight is 633 g/mol. The number of carbonyl (C=O) groups is 4. The van der Waals surface area contributed by atoms with Gasteiger partial charge in [-0.2, -0.15) is 0 Å². The van der Waals surface area contributed by atoms with Crippen molar-refractivity contribution >= 4 is 47.3 Å². The molecule has 0 aliphatic carbocycles. The minimum absolute atomic E-state index is 0.00567. The van der Waals surface area contributed by atoms with Gasteiger partial charge in [-0.25, -0.2) is 14.4 Å². The van der Waals surface area contributed by atoms with Crippen molar-refractivity contribution in [1.29, 1.82) is 0 Å². The number of benzene rings is 2. The lowest BCUT2D eigenvalue weighted by molar-refractivity contribution is 0.103. The molecule has 0 atom stereocenters. The fourth-order valence-electron chi connectivity index (χ4n) is 5.49. The first-order valence-corrected chi connectivity index (χ1v) is 15.6. The molecule has 43 heavy (non-hydrogen) atoms. The van der Waals surface area contributed by atoms with Crippen molar-refractivity contribution in [3.05, 3.63) is 51.5 Å². The lowest BCUT2D eigenvalue weighted by atomic mass is 10.0. The predicted molar refractivity (Wildman–Crippen MR) is 161 cm³/mol. The van der Waals surface area contributed by atoms with Crippen molar-refractivity contribution in [2.75, 3.05) is 39.3 Å². The normalized spacial score (nSPS) is 17.3. The zero-order valence-electron chi connectivity index (χ0n) is 23.9. The maximum absolute atomic E-state index is 13.9. The third-order valence-corrected chi connectivity index (χ3v) is 8.45. The Bertz CT molecular complexity index is 1370. The van der Waals surface area contributed by atoms with E-state index in [0.29, 0.717) is 39.3 Å². The van der Waals surface area contributed by atoms with Gasteiger partial charge in [-0.05, 0) is 82.1 Å². The molecule has 12 heteroatoms. The van der Waals surface area contributed by atoms with E-state index in [2.05, 4.69) is 0 Å². The summed E-state index contributed by atoms with van der Waals surface area (Å²) >= 11 is 12.8. The molecule has 3 aliphatic heterocycles. The Balaban J connectivity index is 1.45. The third kappa shape index (κ3) is 7.72. The van der Waals surface area contributed by atoms with Crippen LogP contribution in [0, 0.1) is 0 Å². The van der Waals surface area contributed by atoms with E-state index in [-0.39, 0.29) is 38.4 Å². The molecule has 0 bridgehead atoms. The fraction of sp³-hybridized carbons (Fsp3) is 0.484. The summed E-state index contributed by atoms with van der Waals surface area (Å²) in [5, 5.41) is 0.207. The molecular weight excluding hydrogens is 597 g/mol. The Kier molecular flexibility index (Phi) is 10.3. The first-order valence-electron chi connectivity index (χ1n) is 14.9. The first-order chi connectivity index (χ1) is 20.8. The maximum atomic E-state index is 13.9. The summed E-state index contributed by atoms with van der Waals surface area (Å²) in [6.45, 7) is 3.33. The van der Waals surface area contributed by atoms with Crippen molar-refractivity contribution < 1.29 is 33.4 Å². The van der Waals surface area contributed by atoms with Crippen LogP contribution in [0.4, 0.5) is 14.4 Å². The van der Waals surface area contributed by atoms with Gasteiger partial charge in [0.05, 0.1) is 10.6 Å². The zero-order chi connectivity index (χ0) is 30.3. The van der Waals surface area contributed by atoms with Gasteiger partial charge in [0.2, 0.25) is 0 Å². The number of hydrogen-bond acceptors (Lipinski definition) is 7. The Morgan fingerprint density at radius 3 is 1.40 bits per heavy atom. The molecule has 2 aromatic rings. The Morgan fingerprint density at radius 1 is 0.512 bits per heavy atom. The standard InChI is InChI=1S/C31H35Cl2N3O7/c32-21-10-11-25(41-29(38)34-12-4-1-5-13-34)23(18-21)28(37)22-19-26(42-30(39)35-14-6-2-7-15-35)27(20-24(22)33)43-31(40)36-16-8-3-9-17-36/h10-11,18-20H,1-9,12-17H2. The lowest BCUT2D eigenvalue weighted by Crippen LogP contribution is -2.38. The van der Waals surface area contributed by atoms with Crippen LogP contribution < -0.4 is 14.2 Å². The molecule has 0 N–H and O–H groups in total. The van der Waals surface area contributed by atoms with Crippen LogP contribution in [0.3, 0.4) is 0 Å². The van der Waals surface area contributed by atoms with Crippen molar-refractivity contribution in [3.63, 3.8) is 0 Å². The molecule has 0 saturated carbocycles. The van der Waals surface area contributed by atoms with Gasteiger partial charge in [0.15, 0.2) is 17.3 Å². The molecule has 2 aromatic carbocycles. The van der Waals surface area contributed by atoms with Crippen molar-refractivity contribution in [2.45, 2.75) is 57.8 Å². The van der Waals surface area contributed by atoms with E-state index < -0.39 is 24.1 Å². The molecule has 3 saturated heterocycles. The summed E-state index contributed by atoms with van der Waals surface area (Å²) in [5.74, 6) is -0.792. The molecule has 230 valence electrons. The van der Waals surface area contributed by atoms with E-state index in [0.717, 1.165) is 57.8 Å². The zero-order valence-corrected chi connectivity index (χ0v) is 25.5. The van der Waals surface area contributed by atoms with Crippen molar-refractivity contribution in [2.24, 2.45) is 0 Å². The molecule has 3 heterocycles. The van der Waals surface area contributed by atoms with E-state index >= 15 is 0 Å². The molecule has 3 amide bonds. The Labute approximate surface area is 260 Å². The number of ether oxygens (including phenoxy) is 3. The van der Waals surface area contributed by atoms with Gasteiger partial charge in [-0.1, -0.05) is 23.2 Å². The van der Waals surface area contributed by atoms with E-state index in [1.54, 1.807) is 14.7 Å². The van der Waals surface area contributed by atoms with E-state index in [9.17, 15) is 19.2 Å². The molecule has 3 fully saturated rings. The largest absolute Gasteiger partial charge is 0.415 e. The highest BCUT2D eigenvalue weighted by Gasteiger charge is 2.28. The summed E-state index contributed by atoms with van der Waals surface area (Å²) < 4.78 is 17.0. The average Bonchev–Trinajstić information content (AvgIpc) is 3.04. The summed E-state index contributed by atoms with van der Waals surface area (Å²) in [4.78, 5) is 57.5. The monoisotopic (exact) mass is 631 g/mol. The topological polar surface area (TPSA) is 106 Å². The number of halogens is 2. The summed E-state index contributed by atoms with van der Waals surface area (Å²) in [6.07, 6.45) is 6.52. The minimum atomic E-state index is -0.616. The van der Waals surface area contributed by atoms with Gasteiger partial charge in [-0.3, -0.25) is 4.79 Å². The van der Waals surface area contributed by atoms with Crippen molar-refractivity contribution in [3.8, 4) is 17.2 Å². The number of ketones is 1. The van der Waals surface area contributed by atoms with Crippen LogP contribution in [0.2, 0.25) is 10.0 Å². The third-order valence-electron chi connectivity index (χ3n) is 7.90. The summed E-state index contributed by atoms with van der Waals surface area (Å²) in [7, 11) is 0. The number of amides is 3. The molecule has 5 rings (SSSR count). The number of nitrogens with zero attached hydrogens (tertiary/aromatic N) is 3. The quantitative estimate of drug-likeness (QED) is 0.322. The smallest absolute Gasteiger partial charge is 0.409 e. The van der Waals surface area contributed by atoms with E-state index in [1.807, 2.05) is 0 Å².